The molecule has 0 radical (unpaired) electrons. The van der Waals surface area contributed by atoms with Gasteiger partial charge in [-0.15, -0.1) is 0 Å². The SMILES string of the molecule is CC(=O)OCC1OC(OC(=N)C(Cl)(Cl)Cl)C(OC2OC(COC(C)=O)C(OC(C)=O)C(OC(C)=O)C2N2C(=O)c3ccccc3C2=O)C(OC(C)=O)C1OC1OC(COC(C)=O)C(OC(C)=O)C(OC(C)=O)C1N1C(=O)c2ccccc2C1=O. The van der Waals surface area contributed by atoms with Crippen molar-refractivity contribution >= 4 is 112 Å². The Hall–Kier alpha value is -7.38. The van der Waals surface area contributed by atoms with E-state index in [1.165, 1.54) is 48.5 Å². The molecule has 4 amide bonds. The summed E-state index contributed by atoms with van der Waals surface area (Å²) in [7, 11) is 0. The number of alkyl halides is 3. The highest BCUT2D eigenvalue weighted by molar-refractivity contribution is 6.76. The van der Waals surface area contributed by atoms with Crippen molar-refractivity contribution in [1.82, 2.24) is 9.80 Å². The van der Waals surface area contributed by atoms with Gasteiger partial charge in [0, 0.05) is 55.4 Å². The van der Waals surface area contributed by atoms with Gasteiger partial charge in [-0.25, -0.2) is 0 Å². The summed E-state index contributed by atoms with van der Waals surface area (Å²) in [4.78, 5) is 163. The van der Waals surface area contributed by atoms with Gasteiger partial charge in [-0.1, -0.05) is 59.1 Å². The molecule has 0 aromatic heterocycles. The molecule has 3 saturated heterocycles. The molecule has 5 aliphatic heterocycles. The second kappa shape index (κ2) is 26.7. The highest BCUT2D eigenvalue weighted by Gasteiger charge is 2.63. The van der Waals surface area contributed by atoms with Crippen molar-refractivity contribution < 1.29 is 124 Å². The van der Waals surface area contributed by atoms with Crippen LogP contribution in [0.3, 0.4) is 0 Å². The molecule has 15 atom stereocenters. The molecular weight excluding hydrogens is 1190 g/mol. The number of benzene rings is 2. The molecule has 1 N–H and O–H groups in total. The summed E-state index contributed by atoms with van der Waals surface area (Å²) >= 11 is 18.4. The molecule has 5 aliphatic rings. The number of nitrogens with one attached hydrogen (secondary N) is 1. The van der Waals surface area contributed by atoms with Crippen LogP contribution in [0.4, 0.5) is 0 Å². The number of carbonyl (C=O) groups is 12. The number of fused-ring (bicyclic) bond motifs is 2. The maximum atomic E-state index is 14.6. The van der Waals surface area contributed by atoms with Gasteiger partial charge in [0.25, 0.3) is 27.4 Å². The molecule has 5 heterocycles. The molecule has 29 nitrogen and oxygen atoms in total. The minimum absolute atomic E-state index is 0.180. The van der Waals surface area contributed by atoms with E-state index in [-0.39, 0.29) is 22.3 Å². The Balaban J connectivity index is 1.47. The lowest BCUT2D eigenvalue weighted by atomic mass is 9.93. The first-order valence-corrected chi connectivity index (χ1v) is 26.4. The van der Waals surface area contributed by atoms with Gasteiger partial charge >= 0.3 is 47.8 Å². The number of esters is 8. The van der Waals surface area contributed by atoms with E-state index < -0.39 is 193 Å². The zero-order valence-corrected chi connectivity index (χ0v) is 47.8. The molecule has 2 aromatic carbocycles. The van der Waals surface area contributed by atoms with Crippen LogP contribution in [0, 0.1) is 5.41 Å². The average molecular weight is 1240 g/mol. The van der Waals surface area contributed by atoms with Gasteiger partial charge in [-0.05, 0) is 24.3 Å². The summed E-state index contributed by atoms with van der Waals surface area (Å²) < 4.78 is 80.3. The molecule has 15 unspecified atom stereocenters. The maximum absolute atomic E-state index is 14.6. The van der Waals surface area contributed by atoms with Crippen LogP contribution in [0.5, 0.6) is 0 Å². The summed E-state index contributed by atoms with van der Waals surface area (Å²) in [6.45, 7) is 4.97. The van der Waals surface area contributed by atoms with E-state index in [9.17, 15) is 57.5 Å². The fourth-order valence-corrected chi connectivity index (χ4v) is 10.1. The molecule has 32 heteroatoms. The van der Waals surface area contributed by atoms with Crippen LogP contribution < -0.4 is 0 Å². The van der Waals surface area contributed by atoms with Crippen LogP contribution in [-0.4, -0.2) is 203 Å². The van der Waals surface area contributed by atoms with E-state index in [1.54, 1.807) is 0 Å². The average Bonchev–Trinajstić information content (AvgIpc) is 1.51. The van der Waals surface area contributed by atoms with Gasteiger partial charge in [0.2, 0.25) is 12.2 Å². The zero-order valence-electron chi connectivity index (χ0n) is 45.5. The van der Waals surface area contributed by atoms with Crippen molar-refractivity contribution in [2.75, 3.05) is 19.8 Å². The third kappa shape index (κ3) is 14.4. The van der Waals surface area contributed by atoms with Crippen LogP contribution in [0.1, 0.15) is 96.8 Å². The van der Waals surface area contributed by atoms with Gasteiger partial charge in [0.15, 0.2) is 49.2 Å². The number of amides is 4. The van der Waals surface area contributed by atoms with Crippen molar-refractivity contribution in [3.05, 3.63) is 70.8 Å². The van der Waals surface area contributed by atoms with Gasteiger partial charge in [-0.2, -0.15) is 0 Å². The lowest BCUT2D eigenvalue weighted by molar-refractivity contribution is -0.371. The van der Waals surface area contributed by atoms with E-state index in [0.29, 0.717) is 9.80 Å². The summed E-state index contributed by atoms with van der Waals surface area (Å²) in [5.74, 6) is -13.8. The Morgan fingerprint density at radius 1 is 0.417 bits per heavy atom. The molecular formula is C52H54Cl3N3O26. The van der Waals surface area contributed by atoms with E-state index in [1.807, 2.05) is 0 Å². The van der Waals surface area contributed by atoms with Gasteiger partial charge < -0.3 is 66.3 Å². The monoisotopic (exact) mass is 1240 g/mol. The van der Waals surface area contributed by atoms with Crippen molar-refractivity contribution in [1.29, 1.82) is 5.41 Å². The van der Waals surface area contributed by atoms with Gasteiger partial charge in [0.05, 0.1) is 22.3 Å². The second-order valence-electron chi connectivity index (χ2n) is 19.1. The lowest BCUT2D eigenvalue weighted by Crippen LogP contribution is -2.71. The first-order valence-electron chi connectivity index (χ1n) is 25.3. The fourth-order valence-electron chi connectivity index (χ4n) is 9.93. The summed E-state index contributed by atoms with van der Waals surface area (Å²) in [5.41, 5.74) is -0.746. The predicted molar refractivity (Wildman–Crippen MR) is 274 cm³/mol. The van der Waals surface area contributed by atoms with E-state index in [2.05, 4.69) is 0 Å². The van der Waals surface area contributed by atoms with Gasteiger partial charge in [-0.3, -0.25) is 72.7 Å². The van der Waals surface area contributed by atoms with Crippen LogP contribution in [0.2, 0.25) is 0 Å². The Morgan fingerprint density at radius 2 is 0.702 bits per heavy atom. The highest BCUT2D eigenvalue weighted by Crippen LogP contribution is 2.42. The first-order chi connectivity index (χ1) is 39.5. The van der Waals surface area contributed by atoms with Gasteiger partial charge in [0.1, 0.15) is 56.3 Å². The maximum Gasteiger partial charge on any atom is 0.303 e. The molecule has 2 aromatic rings. The fraction of sp³-hybridized carbons (Fsp3) is 0.519. The third-order valence-corrected chi connectivity index (χ3v) is 13.5. The van der Waals surface area contributed by atoms with E-state index in [0.717, 1.165) is 55.4 Å². The van der Waals surface area contributed by atoms with E-state index >= 15 is 0 Å². The largest absolute Gasteiger partial charge is 0.463 e. The minimum Gasteiger partial charge on any atom is -0.463 e. The van der Waals surface area contributed by atoms with Crippen molar-refractivity contribution in [3.63, 3.8) is 0 Å². The van der Waals surface area contributed by atoms with E-state index in [4.69, 9.17) is 107 Å². The van der Waals surface area contributed by atoms with Crippen LogP contribution in [0.15, 0.2) is 48.5 Å². The minimum atomic E-state index is -2.75. The second-order valence-corrected chi connectivity index (χ2v) is 21.4. The topological polar surface area (TPSA) is 364 Å². The number of carbonyl (C=O) groups excluding carboxylic acids is 12. The summed E-state index contributed by atoms with van der Waals surface area (Å²) in [6.07, 6.45) is -26.8. The quantitative estimate of drug-likeness (QED) is 0.0557. The first kappa shape index (κ1) is 64.2. The Morgan fingerprint density at radius 3 is 1.01 bits per heavy atom. The molecule has 84 heavy (non-hydrogen) atoms. The Kier molecular flexibility index (Phi) is 20.4. The smallest absolute Gasteiger partial charge is 0.303 e. The molecule has 3 fully saturated rings. The summed E-state index contributed by atoms with van der Waals surface area (Å²) in [5, 5.41) is 8.70. The molecule has 0 aliphatic carbocycles. The molecule has 0 bridgehead atoms. The number of ether oxygens (including phenoxy) is 14. The predicted octanol–water partition coefficient (Wildman–Crippen LogP) is 1.97. The Labute approximate surface area is 491 Å². The van der Waals surface area contributed by atoms with Crippen molar-refractivity contribution in [3.8, 4) is 0 Å². The van der Waals surface area contributed by atoms with Crippen molar-refractivity contribution in [2.24, 2.45) is 0 Å². The summed E-state index contributed by atoms with van der Waals surface area (Å²) in [6, 6.07) is 6.67. The normalized spacial score (nSPS) is 29.1. The highest BCUT2D eigenvalue weighted by atomic mass is 35.6. The zero-order chi connectivity index (χ0) is 61.8. The number of rotatable bonds is 18. The number of hydrogen-bond acceptors (Lipinski definition) is 27. The molecule has 0 saturated carbocycles. The number of imide groups is 2. The van der Waals surface area contributed by atoms with Crippen molar-refractivity contribution in [2.45, 2.75) is 151 Å². The third-order valence-electron chi connectivity index (χ3n) is 13.0. The number of nitrogens with zero attached hydrogens (tertiary/aromatic N) is 2. The van der Waals surface area contributed by atoms with Crippen LogP contribution in [-0.2, 0) is 105 Å². The standard InChI is InChI=1S/C52H54Cl3N3O26/c1-20(59)71-17-32-37(74-23(4)62)40(76-25(6)64)35(57-44(67)28-13-9-10-14-29(28)45(57)68)48(79-32)82-39-34(19-73-22(3)61)81-50(84-51(56)52(53,54)55)43(42(39)78-27(8)66)83-49-36(58-46(69)30-15-11-12-16-31(30)47(58)70)41(77-26(7)65)38(75-24(5)63)33(80-49)18-72-21(2)60/h9-16,32-43,48-50,56H,17-19H2,1-8H3. The number of halogens is 3. The number of hydrogen-bond donors (Lipinski definition) is 1. The van der Waals surface area contributed by atoms with Crippen LogP contribution in [0.25, 0.3) is 0 Å². The lowest BCUT2D eigenvalue weighted by Gasteiger charge is -2.52. The Bertz CT molecular complexity index is 2920. The molecule has 7 rings (SSSR count). The molecule has 0 spiro atoms. The van der Waals surface area contributed by atoms with Crippen LogP contribution >= 0.6 is 34.8 Å². The molecule has 454 valence electrons.